The maximum atomic E-state index is 4.59. The molecule has 4 bridgehead atoms. The number of hydrogen-bond acceptors (Lipinski definition) is 2. The molecule has 1 N–H and O–H groups in total. The van der Waals surface area contributed by atoms with Gasteiger partial charge in [-0.1, -0.05) is 0 Å². The zero-order valence-corrected chi connectivity index (χ0v) is 9.99. The number of nitrogens with zero attached hydrogens (tertiary/aromatic N) is 1. The topological polar surface area (TPSA) is 24.4 Å². The zero-order valence-electron chi connectivity index (χ0n) is 9.99. The summed E-state index contributed by atoms with van der Waals surface area (Å²) < 4.78 is 0. The summed E-state index contributed by atoms with van der Waals surface area (Å²) in [5.74, 6) is 5.48. The van der Waals surface area contributed by atoms with Crippen molar-refractivity contribution >= 4 is 5.84 Å². The standard InChI is InChI=1S/C14H22N2/c1-2-13(15-3-1)16-14-11-5-9-4-10(7-11)8-12(14)6-9/h9-12,14H,1-8H2,(H,15,16). The van der Waals surface area contributed by atoms with E-state index < -0.39 is 0 Å². The molecule has 4 aliphatic carbocycles. The van der Waals surface area contributed by atoms with E-state index in [0.717, 1.165) is 36.3 Å². The highest BCUT2D eigenvalue weighted by Gasteiger charge is 2.48. The molecule has 2 nitrogen and oxygen atoms in total. The van der Waals surface area contributed by atoms with Crippen LogP contribution in [0.2, 0.25) is 0 Å². The van der Waals surface area contributed by atoms with E-state index in [1.807, 2.05) is 0 Å². The van der Waals surface area contributed by atoms with E-state index in [2.05, 4.69) is 10.3 Å². The number of aliphatic imine (C=N–C) groups is 1. The van der Waals surface area contributed by atoms with Crippen LogP contribution in [0.25, 0.3) is 0 Å². The summed E-state index contributed by atoms with van der Waals surface area (Å²) >= 11 is 0. The lowest BCUT2D eigenvalue weighted by molar-refractivity contribution is -0.00699. The molecular formula is C14H22N2. The SMILES string of the molecule is C1CN=C(NC2C3CC4CC(C3)CC2C4)C1. The first-order chi connectivity index (χ1) is 7.88. The summed E-state index contributed by atoms with van der Waals surface area (Å²) in [4.78, 5) is 4.59. The van der Waals surface area contributed by atoms with E-state index in [-0.39, 0.29) is 0 Å². The van der Waals surface area contributed by atoms with Crippen molar-refractivity contribution in [2.45, 2.75) is 51.0 Å². The molecule has 4 saturated carbocycles. The molecule has 2 heteroatoms. The molecule has 0 amide bonds. The van der Waals surface area contributed by atoms with Gasteiger partial charge in [0.25, 0.3) is 0 Å². The van der Waals surface area contributed by atoms with Crippen molar-refractivity contribution < 1.29 is 0 Å². The van der Waals surface area contributed by atoms with Gasteiger partial charge >= 0.3 is 0 Å². The molecular weight excluding hydrogens is 196 g/mol. The van der Waals surface area contributed by atoms with Crippen LogP contribution in [0.5, 0.6) is 0 Å². The van der Waals surface area contributed by atoms with Gasteiger partial charge in [-0.3, -0.25) is 4.99 Å². The molecule has 88 valence electrons. The van der Waals surface area contributed by atoms with Crippen LogP contribution in [0.3, 0.4) is 0 Å². The van der Waals surface area contributed by atoms with E-state index in [1.54, 1.807) is 6.42 Å². The van der Waals surface area contributed by atoms with Crippen LogP contribution in [0.4, 0.5) is 0 Å². The Balaban J connectivity index is 1.51. The lowest BCUT2D eigenvalue weighted by Crippen LogP contribution is -2.55. The Morgan fingerprint density at radius 3 is 2.19 bits per heavy atom. The van der Waals surface area contributed by atoms with E-state index in [9.17, 15) is 0 Å². The summed E-state index contributed by atoms with van der Waals surface area (Å²) in [6, 6.07) is 0.796. The van der Waals surface area contributed by atoms with Crippen LogP contribution >= 0.6 is 0 Å². The van der Waals surface area contributed by atoms with Crippen molar-refractivity contribution in [3.8, 4) is 0 Å². The van der Waals surface area contributed by atoms with Crippen LogP contribution < -0.4 is 5.32 Å². The third-order valence-electron chi connectivity index (χ3n) is 5.43. The van der Waals surface area contributed by atoms with E-state index in [0.29, 0.717) is 0 Å². The summed E-state index contributed by atoms with van der Waals surface area (Å²) in [6.45, 7) is 1.07. The third kappa shape index (κ3) is 1.42. The highest BCUT2D eigenvalue weighted by molar-refractivity contribution is 5.83. The monoisotopic (exact) mass is 218 g/mol. The Hall–Kier alpha value is -0.530. The molecule has 1 heterocycles. The molecule has 0 aromatic heterocycles. The quantitative estimate of drug-likeness (QED) is 0.719. The molecule has 0 aromatic carbocycles. The number of amidine groups is 1. The minimum Gasteiger partial charge on any atom is -0.371 e. The lowest BCUT2D eigenvalue weighted by atomic mass is 9.54. The first kappa shape index (κ1) is 9.49. The van der Waals surface area contributed by atoms with Crippen LogP contribution in [-0.4, -0.2) is 18.4 Å². The Morgan fingerprint density at radius 1 is 0.938 bits per heavy atom. The third-order valence-corrected chi connectivity index (χ3v) is 5.43. The Labute approximate surface area is 97.9 Å². The number of nitrogens with one attached hydrogen (secondary N) is 1. The first-order valence-electron chi connectivity index (χ1n) is 7.18. The van der Waals surface area contributed by atoms with Gasteiger partial charge in [0.05, 0.1) is 5.84 Å². The van der Waals surface area contributed by atoms with Gasteiger partial charge in [-0.25, -0.2) is 0 Å². The van der Waals surface area contributed by atoms with Crippen molar-refractivity contribution in [1.29, 1.82) is 0 Å². The van der Waals surface area contributed by atoms with Gasteiger partial charge in [0, 0.05) is 19.0 Å². The summed E-state index contributed by atoms with van der Waals surface area (Å²) in [5, 5.41) is 3.81. The normalized spacial score (nSPS) is 49.5. The Kier molecular flexibility index (Phi) is 2.06. The first-order valence-corrected chi connectivity index (χ1v) is 7.18. The molecule has 5 rings (SSSR count). The predicted octanol–water partition coefficient (Wildman–Crippen LogP) is 2.59. The highest BCUT2D eigenvalue weighted by Crippen LogP contribution is 2.53. The average Bonchev–Trinajstić information content (AvgIpc) is 2.75. The van der Waals surface area contributed by atoms with Gasteiger partial charge in [-0.15, -0.1) is 0 Å². The van der Waals surface area contributed by atoms with Crippen LogP contribution in [0.1, 0.15) is 44.9 Å². The van der Waals surface area contributed by atoms with Crippen molar-refractivity contribution in [2.24, 2.45) is 28.7 Å². The number of rotatable bonds is 1. The van der Waals surface area contributed by atoms with Crippen LogP contribution in [0.15, 0.2) is 4.99 Å². The second-order valence-electron chi connectivity index (χ2n) is 6.53. The van der Waals surface area contributed by atoms with Gasteiger partial charge in [-0.05, 0) is 62.2 Å². The van der Waals surface area contributed by atoms with Crippen molar-refractivity contribution in [3.63, 3.8) is 0 Å². The molecule has 0 radical (unpaired) electrons. The zero-order chi connectivity index (χ0) is 10.5. The van der Waals surface area contributed by atoms with Crippen LogP contribution in [0, 0.1) is 23.7 Å². The largest absolute Gasteiger partial charge is 0.371 e. The molecule has 4 fully saturated rings. The summed E-state index contributed by atoms with van der Waals surface area (Å²) in [5.41, 5.74) is 0. The highest BCUT2D eigenvalue weighted by atomic mass is 15.0. The average molecular weight is 218 g/mol. The molecule has 0 saturated heterocycles. The lowest BCUT2D eigenvalue weighted by Gasteiger charge is -2.54. The summed E-state index contributed by atoms with van der Waals surface area (Å²) in [6.07, 6.45) is 10.1. The second-order valence-corrected chi connectivity index (χ2v) is 6.53. The fourth-order valence-corrected chi connectivity index (χ4v) is 5.01. The maximum absolute atomic E-state index is 4.59. The smallest absolute Gasteiger partial charge is 0.0966 e. The van der Waals surface area contributed by atoms with Gasteiger partial charge in [-0.2, -0.15) is 0 Å². The van der Waals surface area contributed by atoms with Gasteiger partial charge in [0.15, 0.2) is 0 Å². The molecule has 0 aromatic rings. The molecule has 0 unspecified atom stereocenters. The Morgan fingerprint density at radius 2 is 1.62 bits per heavy atom. The van der Waals surface area contributed by atoms with Crippen LogP contribution in [-0.2, 0) is 0 Å². The minimum absolute atomic E-state index is 0.796. The fraction of sp³-hybridized carbons (Fsp3) is 0.929. The van der Waals surface area contributed by atoms with Gasteiger partial charge in [0.1, 0.15) is 0 Å². The molecule has 5 aliphatic rings. The maximum Gasteiger partial charge on any atom is 0.0966 e. The molecule has 1 aliphatic heterocycles. The van der Waals surface area contributed by atoms with Crippen molar-refractivity contribution in [3.05, 3.63) is 0 Å². The predicted molar refractivity (Wildman–Crippen MR) is 65.5 cm³/mol. The number of hydrogen-bond donors (Lipinski definition) is 1. The molecule has 16 heavy (non-hydrogen) atoms. The summed E-state index contributed by atoms with van der Waals surface area (Å²) in [7, 11) is 0. The van der Waals surface area contributed by atoms with Crippen molar-refractivity contribution in [1.82, 2.24) is 5.32 Å². The van der Waals surface area contributed by atoms with Gasteiger partial charge < -0.3 is 5.32 Å². The fourth-order valence-electron chi connectivity index (χ4n) is 5.01. The van der Waals surface area contributed by atoms with E-state index in [4.69, 9.17) is 0 Å². The second kappa shape index (κ2) is 3.48. The molecule has 0 atom stereocenters. The molecule has 0 spiro atoms. The van der Waals surface area contributed by atoms with Crippen molar-refractivity contribution in [2.75, 3.05) is 6.54 Å². The Bertz CT molecular complexity index is 293. The van der Waals surface area contributed by atoms with E-state index >= 15 is 0 Å². The van der Waals surface area contributed by atoms with E-state index in [1.165, 1.54) is 44.4 Å². The van der Waals surface area contributed by atoms with Gasteiger partial charge in [0.2, 0.25) is 0 Å². The minimum atomic E-state index is 0.796.